The highest BCUT2D eigenvalue weighted by atomic mass is 35.5. The predicted octanol–water partition coefficient (Wildman–Crippen LogP) is 2.96. The van der Waals surface area contributed by atoms with Crippen molar-refractivity contribution in [2.75, 3.05) is 26.7 Å². The van der Waals surface area contributed by atoms with Crippen LogP contribution in [0.15, 0.2) is 30.5 Å². The van der Waals surface area contributed by atoms with Crippen molar-refractivity contribution in [3.05, 3.63) is 41.0 Å². The minimum Gasteiger partial charge on any atom is -0.339 e. The molecular weight excluding hydrogens is 298 g/mol. The van der Waals surface area contributed by atoms with Crippen LogP contribution in [0.3, 0.4) is 0 Å². The topological polar surface area (TPSA) is 45.2 Å². The van der Waals surface area contributed by atoms with E-state index < -0.39 is 0 Å². The van der Waals surface area contributed by atoms with E-state index in [1.54, 1.807) is 18.3 Å². The number of rotatable bonds is 3. The third-order valence-corrected chi connectivity index (χ3v) is 4.67. The Morgan fingerprint density at radius 2 is 2.14 bits per heavy atom. The highest BCUT2D eigenvalue weighted by Gasteiger charge is 2.24. The van der Waals surface area contributed by atoms with Gasteiger partial charge in [0.05, 0.1) is 16.1 Å². The molecule has 116 valence electrons. The Balaban J connectivity index is 1.83. The molecule has 0 unspecified atom stereocenters. The third-order valence-electron chi connectivity index (χ3n) is 4.34. The molecule has 0 aliphatic carbocycles. The Kier molecular flexibility index (Phi) is 4.60. The van der Waals surface area contributed by atoms with Gasteiger partial charge < -0.3 is 10.2 Å². The van der Waals surface area contributed by atoms with Crippen LogP contribution in [-0.4, -0.2) is 42.5 Å². The van der Waals surface area contributed by atoms with Crippen molar-refractivity contribution in [1.29, 1.82) is 0 Å². The molecule has 2 aromatic rings. The summed E-state index contributed by atoms with van der Waals surface area (Å²) >= 11 is 6.20. The standard InChI is InChI=1S/C17H20ClN3O/c1-19-11-12-6-9-21(10-7-12)17(22)14-4-5-15(18)13-3-2-8-20-16(13)14/h2-5,8,12,19H,6-7,9-11H2,1H3. The van der Waals surface area contributed by atoms with Crippen LogP contribution in [0.1, 0.15) is 23.2 Å². The van der Waals surface area contributed by atoms with Crippen molar-refractivity contribution in [2.45, 2.75) is 12.8 Å². The summed E-state index contributed by atoms with van der Waals surface area (Å²) in [6.45, 7) is 2.64. The molecule has 5 heteroatoms. The van der Waals surface area contributed by atoms with Gasteiger partial charge in [-0.05, 0) is 56.6 Å². The molecule has 1 amide bonds. The minimum absolute atomic E-state index is 0.0586. The van der Waals surface area contributed by atoms with Gasteiger partial charge in [0.1, 0.15) is 0 Å². The highest BCUT2D eigenvalue weighted by molar-refractivity contribution is 6.36. The maximum absolute atomic E-state index is 12.8. The van der Waals surface area contributed by atoms with E-state index in [9.17, 15) is 4.79 Å². The second-order valence-electron chi connectivity index (χ2n) is 5.79. The molecule has 2 heterocycles. The molecular formula is C17H20ClN3O. The summed E-state index contributed by atoms with van der Waals surface area (Å²) in [6.07, 6.45) is 3.80. The average Bonchev–Trinajstić information content (AvgIpc) is 2.56. The number of fused-ring (bicyclic) bond motifs is 1. The van der Waals surface area contributed by atoms with E-state index in [2.05, 4.69) is 10.3 Å². The number of hydrogen-bond acceptors (Lipinski definition) is 3. The summed E-state index contributed by atoms with van der Waals surface area (Å²) in [5.74, 6) is 0.720. The van der Waals surface area contributed by atoms with Gasteiger partial charge >= 0.3 is 0 Å². The molecule has 4 nitrogen and oxygen atoms in total. The summed E-state index contributed by atoms with van der Waals surface area (Å²) < 4.78 is 0. The number of aromatic nitrogens is 1. The molecule has 1 saturated heterocycles. The summed E-state index contributed by atoms with van der Waals surface area (Å²) in [4.78, 5) is 19.1. The Hall–Kier alpha value is -1.65. The zero-order valence-corrected chi connectivity index (χ0v) is 13.4. The molecule has 1 aromatic carbocycles. The normalized spacial score (nSPS) is 16.2. The number of hydrogen-bond donors (Lipinski definition) is 1. The second kappa shape index (κ2) is 6.63. The van der Waals surface area contributed by atoms with Crippen LogP contribution in [0, 0.1) is 5.92 Å². The van der Waals surface area contributed by atoms with E-state index in [4.69, 9.17) is 11.6 Å². The Morgan fingerprint density at radius 1 is 1.36 bits per heavy atom. The number of amides is 1. The lowest BCUT2D eigenvalue weighted by Gasteiger charge is -2.32. The molecule has 3 rings (SSSR count). The largest absolute Gasteiger partial charge is 0.339 e. The molecule has 0 radical (unpaired) electrons. The van der Waals surface area contributed by atoms with E-state index in [0.717, 1.165) is 37.9 Å². The predicted molar refractivity (Wildman–Crippen MR) is 89.3 cm³/mol. The van der Waals surface area contributed by atoms with Crippen LogP contribution < -0.4 is 5.32 Å². The van der Waals surface area contributed by atoms with E-state index in [1.165, 1.54) is 0 Å². The first-order chi connectivity index (χ1) is 10.7. The van der Waals surface area contributed by atoms with E-state index in [0.29, 0.717) is 22.0 Å². The van der Waals surface area contributed by atoms with Gasteiger partial charge in [-0.1, -0.05) is 11.6 Å². The number of benzene rings is 1. The number of nitrogens with one attached hydrogen (secondary N) is 1. The van der Waals surface area contributed by atoms with Crippen LogP contribution in [0.2, 0.25) is 5.02 Å². The van der Waals surface area contributed by atoms with Gasteiger partial charge in [-0.15, -0.1) is 0 Å². The van der Waals surface area contributed by atoms with Gasteiger partial charge in [0.25, 0.3) is 5.91 Å². The number of pyridine rings is 1. The molecule has 1 N–H and O–H groups in total. The van der Waals surface area contributed by atoms with Crippen LogP contribution in [0.4, 0.5) is 0 Å². The smallest absolute Gasteiger partial charge is 0.256 e. The van der Waals surface area contributed by atoms with Crippen molar-refractivity contribution < 1.29 is 4.79 Å². The lowest BCUT2D eigenvalue weighted by Crippen LogP contribution is -2.40. The van der Waals surface area contributed by atoms with E-state index in [1.807, 2.05) is 24.1 Å². The van der Waals surface area contributed by atoms with Crippen LogP contribution in [-0.2, 0) is 0 Å². The zero-order chi connectivity index (χ0) is 15.5. The second-order valence-corrected chi connectivity index (χ2v) is 6.19. The minimum atomic E-state index is 0.0586. The lowest BCUT2D eigenvalue weighted by molar-refractivity contribution is 0.0692. The summed E-state index contributed by atoms with van der Waals surface area (Å²) in [5, 5.41) is 4.68. The summed E-state index contributed by atoms with van der Waals surface area (Å²) in [5.41, 5.74) is 1.34. The number of likely N-dealkylation sites (tertiary alicyclic amines) is 1. The monoisotopic (exact) mass is 317 g/mol. The Labute approximate surface area is 135 Å². The van der Waals surface area contributed by atoms with Gasteiger partial charge in [-0.3, -0.25) is 9.78 Å². The zero-order valence-electron chi connectivity index (χ0n) is 12.7. The molecule has 1 aliphatic rings. The first-order valence-electron chi connectivity index (χ1n) is 7.68. The molecule has 0 saturated carbocycles. The number of carbonyl (C=O) groups is 1. The third kappa shape index (κ3) is 2.94. The van der Waals surface area contributed by atoms with Crippen LogP contribution >= 0.6 is 11.6 Å². The fourth-order valence-electron chi connectivity index (χ4n) is 3.11. The maximum Gasteiger partial charge on any atom is 0.256 e. The molecule has 1 aliphatic heterocycles. The van der Waals surface area contributed by atoms with E-state index in [-0.39, 0.29) is 5.91 Å². The fraction of sp³-hybridized carbons (Fsp3) is 0.412. The van der Waals surface area contributed by atoms with Crippen molar-refractivity contribution in [1.82, 2.24) is 15.2 Å². The fourth-order valence-corrected chi connectivity index (χ4v) is 3.33. The first kappa shape index (κ1) is 15.3. The van der Waals surface area contributed by atoms with Gasteiger partial charge in [-0.2, -0.15) is 0 Å². The Bertz CT molecular complexity index is 681. The maximum atomic E-state index is 12.8. The first-order valence-corrected chi connectivity index (χ1v) is 8.05. The molecule has 0 bridgehead atoms. The van der Waals surface area contributed by atoms with Gasteiger partial charge in [0.15, 0.2) is 0 Å². The van der Waals surface area contributed by atoms with Crippen LogP contribution in [0.25, 0.3) is 10.9 Å². The molecule has 0 atom stereocenters. The molecule has 1 aromatic heterocycles. The quantitative estimate of drug-likeness (QED) is 0.946. The van der Waals surface area contributed by atoms with Crippen molar-refractivity contribution in [3.8, 4) is 0 Å². The average molecular weight is 318 g/mol. The SMILES string of the molecule is CNCC1CCN(C(=O)c2ccc(Cl)c3cccnc23)CC1. The number of halogens is 1. The lowest BCUT2D eigenvalue weighted by atomic mass is 9.96. The number of piperidine rings is 1. The number of carbonyl (C=O) groups excluding carboxylic acids is 1. The summed E-state index contributed by atoms with van der Waals surface area (Å²) in [7, 11) is 1.98. The number of nitrogens with zero attached hydrogens (tertiary/aromatic N) is 2. The molecule has 0 spiro atoms. The van der Waals surface area contributed by atoms with Crippen molar-refractivity contribution in [3.63, 3.8) is 0 Å². The molecule has 1 fully saturated rings. The van der Waals surface area contributed by atoms with Crippen LogP contribution in [0.5, 0.6) is 0 Å². The van der Waals surface area contributed by atoms with Crippen molar-refractivity contribution >= 4 is 28.4 Å². The van der Waals surface area contributed by atoms with Gasteiger partial charge in [0, 0.05) is 24.7 Å². The van der Waals surface area contributed by atoms with Gasteiger partial charge in [-0.25, -0.2) is 0 Å². The Morgan fingerprint density at radius 3 is 2.86 bits per heavy atom. The van der Waals surface area contributed by atoms with Crippen molar-refractivity contribution in [2.24, 2.45) is 5.92 Å². The molecule has 22 heavy (non-hydrogen) atoms. The van der Waals surface area contributed by atoms with Gasteiger partial charge in [0.2, 0.25) is 0 Å². The summed E-state index contributed by atoms with van der Waals surface area (Å²) in [6, 6.07) is 7.32. The highest BCUT2D eigenvalue weighted by Crippen LogP contribution is 2.27. The van der Waals surface area contributed by atoms with E-state index >= 15 is 0 Å².